The number of nitro benzene ring substituents is 1. The number of benzene rings is 1. The minimum Gasteiger partial charge on any atom is -0.343 e. The van der Waals surface area contributed by atoms with E-state index in [2.05, 4.69) is 20.0 Å². The highest BCUT2D eigenvalue weighted by Crippen LogP contribution is 2.16. The Balaban J connectivity index is 1.87. The Hall–Kier alpha value is -2.35. The molecule has 1 aromatic heterocycles. The predicted octanol–water partition coefficient (Wildman–Crippen LogP) is 1.45. The third kappa shape index (κ3) is 3.81. The van der Waals surface area contributed by atoms with E-state index in [-0.39, 0.29) is 5.69 Å². The van der Waals surface area contributed by atoms with Crippen LogP contribution in [0.2, 0.25) is 0 Å². The van der Waals surface area contributed by atoms with Gasteiger partial charge in [0, 0.05) is 25.6 Å². The average molecular weight is 266 g/mol. The molecule has 0 spiro atoms. The summed E-state index contributed by atoms with van der Waals surface area (Å²) in [4.78, 5) is 13.8. The monoisotopic (exact) mass is 266 g/mol. The number of nitrogens with zero attached hydrogens (tertiary/aromatic N) is 3. The first-order valence-electron chi connectivity index (χ1n) is 5.55. The Morgan fingerprint density at radius 1 is 1.42 bits per heavy atom. The van der Waals surface area contributed by atoms with Gasteiger partial charge in [-0.15, -0.1) is 0 Å². The van der Waals surface area contributed by atoms with Gasteiger partial charge in [0.2, 0.25) is 6.39 Å². The van der Waals surface area contributed by atoms with E-state index in [1.54, 1.807) is 0 Å². The van der Waals surface area contributed by atoms with E-state index in [9.17, 15) is 14.5 Å². The maximum absolute atomic E-state index is 13.2. The second-order valence-electron chi connectivity index (χ2n) is 3.85. The molecule has 1 N–H and O–H groups in total. The van der Waals surface area contributed by atoms with Crippen molar-refractivity contribution in [3.63, 3.8) is 0 Å². The van der Waals surface area contributed by atoms with Crippen molar-refractivity contribution in [2.45, 2.75) is 13.0 Å². The van der Waals surface area contributed by atoms with E-state index in [0.717, 1.165) is 6.07 Å². The lowest BCUT2D eigenvalue weighted by Crippen LogP contribution is -2.17. The Bertz CT molecular complexity index is 559. The van der Waals surface area contributed by atoms with Gasteiger partial charge in [-0.1, -0.05) is 5.16 Å². The molecule has 0 aliphatic heterocycles. The molecule has 100 valence electrons. The van der Waals surface area contributed by atoms with Gasteiger partial charge in [-0.05, 0) is 11.6 Å². The summed E-state index contributed by atoms with van der Waals surface area (Å²) < 4.78 is 17.7. The summed E-state index contributed by atoms with van der Waals surface area (Å²) >= 11 is 0. The van der Waals surface area contributed by atoms with E-state index in [1.807, 2.05) is 0 Å². The molecule has 0 atom stereocenters. The smallest absolute Gasteiger partial charge is 0.272 e. The van der Waals surface area contributed by atoms with Crippen LogP contribution >= 0.6 is 0 Å². The molecule has 0 aliphatic rings. The molecule has 1 heterocycles. The Morgan fingerprint density at radius 3 is 2.95 bits per heavy atom. The third-order valence-electron chi connectivity index (χ3n) is 2.41. The third-order valence-corrected chi connectivity index (χ3v) is 2.41. The lowest BCUT2D eigenvalue weighted by Gasteiger charge is -2.03. The fraction of sp³-hybridized carbons (Fsp3) is 0.273. The van der Waals surface area contributed by atoms with Crippen molar-refractivity contribution in [3.05, 3.63) is 51.9 Å². The van der Waals surface area contributed by atoms with Crippen molar-refractivity contribution in [3.8, 4) is 0 Å². The van der Waals surface area contributed by atoms with E-state index in [4.69, 9.17) is 0 Å². The zero-order valence-corrected chi connectivity index (χ0v) is 9.88. The molecule has 0 amide bonds. The normalized spacial score (nSPS) is 10.6. The van der Waals surface area contributed by atoms with Gasteiger partial charge < -0.3 is 9.84 Å². The molecule has 2 rings (SSSR count). The summed E-state index contributed by atoms with van der Waals surface area (Å²) in [6.07, 6.45) is 1.80. The van der Waals surface area contributed by atoms with Crippen LogP contribution in [-0.2, 0) is 13.0 Å². The molecule has 19 heavy (non-hydrogen) atoms. The van der Waals surface area contributed by atoms with Gasteiger partial charge in [-0.3, -0.25) is 10.1 Å². The molecule has 8 heteroatoms. The van der Waals surface area contributed by atoms with E-state index in [0.29, 0.717) is 30.9 Å². The first-order chi connectivity index (χ1) is 9.15. The van der Waals surface area contributed by atoms with Gasteiger partial charge in [0.1, 0.15) is 5.82 Å². The number of nitro groups is 1. The Kier molecular flexibility index (Phi) is 4.14. The van der Waals surface area contributed by atoms with Crippen molar-refractivity contribution >= 4 is 5.69 Å². The van der Waals surface area contributed by atoms with Crippen LogP contribution in [0.5, 0.6) is 0 Å². The van der Waals surface area contributed by atoms with E-state index >= 15 is 0 Å². The molecule has 2 aromatic rings. The van der Waals surface area contributed by atoms with Crippen molar-refractivity contribution in [2.24, 2.45) is 0 Å². The zero-order chi connectivity index (χ0) is 13.7. The minimum absolute atomic E-state index is 0.255. The standard InChI is InChI=1S/C11H11FN4O3/c12-9-3-8(4-10(5-9)16(17)18)6-13-2-1-11-14-7-19-15-11/h3-5,7,13H,1-2,6H2. The largest absolute Gasteiger partial charge is 0.343 e. The summed E-state index contributed by atoms with van der Waals surface area (Å²) in [5.41, 5.74) is 0.259. The topological polar surface area (TPSA) is 94.1 Å². The van der Waals surface area contributed by atoms with Gasteiger partial charge in [-0.25, -0.2) is 4.39 Å². The van der Waals surface area contributed by atoms with Crippen molar-refractivity contribution in [1.82, 2.24) is 15.5 Å². The lowest BCUT2D eigenvalue weighted by molar-refractivity contribution is -0.385. The van der Waals surface area contributed by atoms with Gasteiger partial charge in [0.05, 0.1) is 11.0 Å². The molecular formula is C11H11FN4O3. The van der Waals surface area contributed by atoms with E-state index < -0.39 is 10.7 Å². The van der Waals surface area contributed by atoms with E-state index in [1.165, 1.54) is 18.5 Å². The summed E-state index contributed by atoms with van der Waals surface area (Å²) in [5, 5.41) is 17.2. The van der Waals surface area contributed by atoms with Gasteiger partial charge in [-0.2, -0.15) is 4.98 Å². The summed E-state index contributed by atoms with van der Waals surface area (Å²) in [7, 11) is 0. The molecule has 0 unspecified atom stereocenters. The first kappa shape index (κ1) is 13.1. The number of hydrogen-bond donors (Lipinski definition) is 1. The number of halogens is 1. The van der Waals surface area contributed by atoms with Crippen LogP contribution in [0.15, 0.2) is 29.1 Å². The quantitative estimate of drug-likeness (QED) is 0.483. The van der Waals surface area contributed by atoms with Crippen molar-refractivity contribution < 1.29 is 13.8 Å². The average Bonchev–Trinajstić information content (AvgIpc) is 2.87. The molecule has 0 fully saturated rings. The second-order valence-corrected chi connectivity index (χ2v) is 3.85. The second kappa shape index (κ2) is 6.01. The minimum atomic E-state index is -0.621. The maximum atomic E-state index is 13.2. The van der Waals surface area contributed by atoms with Gasteiger partial charge in [0.25, 0.3) is 5.69 Å². The molecular weight excluding hydrogens is 255 g/mol. The highest BCUT2D eigenvalue weighted by Gasteiger charge is 2.09. The number of non-ortho nitro benzene ring substituents is 1. The van der Waals surface area contributed by atoms with Crippen molar-refractivity contribution in [1.29, 1.82) is 0 Å². The molecule has 0 saturated heterocycles. The number of aromatic nitrogens is 2. The zero-order valence-electron chi connectivity index (χ0n) is 9.88. The molecule has 0 saturated carbocycles. The number of hydrogen-bond acceptors (Lipinski definition) is 6. The van der Waals surface area contributed by atoms with Gasteiger partial charge >= 0.3 is 0 Å². The Labute approximate surface area is 107 Å². The van der Waals surface area contributed by atoms with Gasteiger partial charge in [0.15, 0.2) is 5.82 Å². The van der Waals surface area contributed by atoms with Crippen LogP contribution in [0.1, 0.15) is 11.4 Å². The summed E-state index contributed by atoms with van der Waals surface area (Å²) in [6, 6.07) is 3.49. The van der Waals surface area contributed by atoms with Crippen LogP contribution < -0.4 is 5.32 Å². The Morgan fingerprint density at radius 2 is 2.26 bits per heavy atom. The number of rotatable bonds is 6. The SMILES string of the molecule is O=[N+]([O-])c1cc(F)cc(CNCCc2ncon2)c1. The molecule has 0 bridgehead atoms. The van der Waals surface area contributed by atoms with Crippen LogP contribution in [0, 0.1) is 15.9 Å². The highest BCUT2D eigenvalue weighted by atomic mass is 19.1. The van der Waals surface area contributed by atoms with Crippen molar-refractivity contribution in [2.75, 3.05) is 6.54 Å². The maximum Gasteiger partial charge on any atom is 0.272 e. The van der Waals surface area contributed by atoms with Crippen LogP contribution in [0.25, 0.3) is 0 Å². The number of nitrogens with one attached hydrogen (secondary N) is 1. The van der Waals surface area contributed by atoms with Crippen LogP contribution in [-0.4, -0.2) is 21.6 Å². The molecule has 0 radical (unpaired) electrons. The van der Waals surface area contributed by atoms with Crippen LogP contribution in [0.4, 0.5) is 10.1 Å². The fourth-order valence-electron chi connectivity index (χ4n) is 1.58. The highest BCUT2D eigenvalue weighted by molar-refractivity contribution is 5.35. The fourth-order valence-corrected chi connectivity index (χ4v) is 1.58. The predicted molar refractivity (Wildman–Crippen MR) is 62.8 cm³/mol. The summed E-state index contributed by atoms with van der Waals surface area (Å²) in [5.74, 6) is -0.0538. The first-order valence-corrected chi connectivity index (χ1v) is 5.55. The molecule has 7 nitrogen and oxygen atoms in total. The lowest BCUT2D eigenvalue weighted by atomic mass is 10.2. The van der Waals surface area contributed by atoms with Crippen LogP contribution in [0.3, 0.4) is 0 Å². The molecule has 0 aliphatic carbocycles. The molecule has 1 aromatic carbocycles. The summed E-state index contributed by atoms with van der Waals surface area (Å²) in [6.45, 7) is 0.889.